The van der Waals surface area contributed by atoms with E-state index in [1.54, 1.807) is 0 Å². The average Bonchev–Trinajstić information content (AvgIpc) is 2.94. The molecule has 1 fully saturated rings. The molecular weight excluding hydrogens is 441 g/mol. The van der Waals surface area contributed by atoms with Crippen molar-refractivity contribution in [3.8, 4) is 0 Å². The molecule has 0 bridgehead atoms. The molecule has 0 N–H and O–H groups in total. The highest BCUT2D eigenvalue weighted by Crippen LogP contribution is 2.23. The minimum Gasteiger partial charge on any atom is -0.444 e. The van der Waals surface area contributed by atoms with Crippen LogP contribution in [-0.4, -0.2) is 46.9 Å². The van der Waals surface area contributed by atoms with E-state index < -0.39 is 0 Å². The zero-order valence-electron chi connectivity index (χ0n) is 15.7. The Morgan fingerprint density at radius 1 is 1.15 bits per heavy atom. The zero-order valence-corrected chi connectivity index (χ0v) is 17.8. The van der Waals surface area contributed by atoms with Crippen LogP contribution in [0.5, 0.6) is 0 Å². The summed E-state index contributed by atoms with van der Waals surface area (Å²) in [6.45, 7) is 10.4. The molecule has 0 spiro atoms. The smallest absolute Gasteiger partial charge is 0.253 e. The van der Waals surface area contributed by atoms with Crippen molar-refractivity contribution in [2.45, 2.75) is 39.2 Å². The van der Waals surface area contributed by atoms with Gasteiger partial charge in [0.05, 0.1) is 12.7 Å². The first-order chi connectivity index (χ1) is 12.3. The predicted molar refractivity (Wildman–Crippen MR) is 110 cm³/mol. The summed E-state index contributed by atoms with van der Waals surface area (Å²) in [5.41, 5.74) is 0.738. The SMILES string of the molecule is CC(C)(C)c1cnc(CN2CCCN(C(=O)c3ccc(I)cc3)CC2)o1. The van der Waals surface area contributed by atoms with Gasteiger partial charge in [-0.1, -0.05) is 20.8 Å². The van der Waals surface area contributed by atoms with Crippen molar-refractivity contribution < 1.29 is 9.21 Å². The first-order valence-corrected chi connectivity index (χ1v) is 10.1. The van der Waals surface area contributed by atoms with Gasteiger partial charge in [-0.15, -0.1) is 0 Å². The monoisotopic (exact) mass is 467 g/mol. The van der Waals surface area contributed by atoms with Crippen molar-refractivity contribution in [1.29, 1.82) is 0 Å². The van der Waals surface area contributed by atoms with Gasteiger partial charge in [-0.05, 0) is 53.3 Å². The summed E-state index contributed by atoms with van der Waals surface area (Å²) in [5.74, 6) is 1.79. The number of aromatic nitrogens is 1. The number of carbonyl (C=O) groups excluding carboxylic acids is 1. The van der Waals surface area contributed by atoms with Crippen LogP contribution in [0.1, 0.15) is 49.2 Å². The lowest BCUT2D eigenvalue weighted by atomic mass is 9.94. The lowest BCUT2D eigenvalue weighted by Crippen LogP contribution is -2.35. The van der Waals surface area contributed by atoms with Crippen molar-refractivity contribution in [2.24, 2.45) is 0 Å². The van der Waals surface area contributed by atoms with E-state index in [2.05, 4.69) is 53.2 Å². The van der Waals surface area contributed by atoms with Crippen molar-refractivity contribution in [3.63, 3.8) is 0 Å². The normalized spacial score (nSPS) is 16.5. The fourth-order valence-electron chi connectivity index (χ4n) is 3.03. The highest BCUT2D eigenvalue weighted by atomic mass is 127. The Hall–Kier alpha value is -1.41. The molecule has 0 radical (unpaired) electrons. The molecule has 2 heterocycles. The molecule has 0 aliphatic carbocycles. The molecule has 140 valence electrons. The summed E-state index contributed by atoms with van der Waals surface area (Å²) in [7, 11) is 0. The van der Waals surface area contributed by atoms with E-state index in [4.69, 9.17) is 4.42 Å². The summed E-state index contributed by atoms with van der Waals surface area (Å²) in [5, 5.41) is 0. The number of hydrogen-bond donors (Lipinski definition) is 0. The van der Waals surface area contributed by atoms with E-state index >= 15 is 0 Å². The number of hydrogen-bond acceptors (Lipinski definition) is 4. The number of amides is 1. The topological polar surface area (TPSA) is 49.6 Å². The van der Waals surface area contributed by atoms with E-state index in [0.29, 0.717) is 6.54 Å². The molecule has 6 heteroatoms. The van der Waals surface area contributed by atoms with Gasteiger partial charge in [-0.25, -0.2) is 4.98 Å². The van der Waals surface area contributed by atoms with Crippen LogP contribution in [0.2, 0.25) is 0 Å². The summed E-state index contributed by atoms with van der Waals surface area (Å²) < 4.78 is 7.05. The number of rotatable bonds is 3. The van der Waals surface area contributed by atoms with Gasteiger partial charge in [0.2, 0.25) is 5.89 Å². The second kappa shape index (κ2) is 8.08. The number of benzene rings is 1. The minimum atomic E-state index is -0.0270. The average molecular weight is 467 g/mol. The minimum absolute atomic E-state index is 0.0270. The first kappa shape index (κ1) is 19.4. The zero-order chi connectivity index (χ0) is 18.7. The third-order valence-electron chi connectivity index (χ3n) is 4.62. The molecule has 0 saturated carbocycles. The Bertz CT molecular complexity index is 749. The van der Waals surface area contributed by atoms with Crippen molar-refractivity contribution in [1.82, 2.24) is 14.8 Å². The van der Waals surface area contributed by atoms with Gasteiger partial charge in [-0.2, -0.15) is 0 Å². The van der Waals surface area contributed by atoms with Gasteiger partial charge >= 0.3 is 0 Å². The molecule has 0 unspecified atom stereocenters. The fraction of sp³-hybridized carbons (Fsp3) is 0.500. The largest absolute Gasteiger partial charge is 0.444 e. The summed E-state index contributed by atoms with van der Waals surface area (Å²) in [6.07, 6.45) is 2.79. The van der Waals surface area contributed by atoms with Crippen LogP contribution in [0.4, 0.5) is 0 Å². The number of oxazole rings is 1. The fourth-order valence-corrected chi connectivity index (χ4v) is 3.39. The van der Waals surface area contributed by atoms with Crippen molar-refractivity contribution in [3.05, 3.63) is 51.2 Å². The molecule has 1 saturated heterocycles. The van der Waals surface area contributed by atoms with E-state index in [1.807, 2.05) is 35.4 Å². The van der Waals surface area contributed by atoms with Crippen LogP contribution in [0, 0.1) is 3.57 Å². The highest BCUT2D eigenvalue weighted by Gasteiger charge is 2.23. The van der Waals surface area contributed by atoms with Crippen LogP contribution in [-0.2, 0) is 12.0 Å². The maximum atomic E-state index is 12.7. The molecule has 1 aliphatic heterocycles. The predicted octanol–water partition coefficient (Wildman–Crippen LogP) is 3.92. The van der Waals surface area contributed by atoms with Crippen LogP contribution in [0.25, 0.3) is 0 Å². The quantitative estimate of drug-likeness (QED) is 0.643. The van der Waals surface area contributed by atoms with Crippen LogP contribution >= 0.6 is 22.6 Å². The molecule has 1 amide bonds. The summed E-state index contributed by atoms with van der Waals surface area (Å²) in [6, 6.07) is 7.78. The third kappa shape index (κ3) is 4.85. The van der Waals surface area contributed by atoms with Gasteiger partial charge in [0.25, 0.3) is 5.91 Å². The van der Waals surface area contributed by atoms with Gasteiger partial charge < -0.3 is 9.32 Å². The van der Waals surface area contributed by atoms with Crippen LogP contribution in [0.15, 0.2) is 34.9 Å². The lowest BCUT2D eigenvalue weighted by molar-refractivity contribution is 0.0760. The Balaban J connectivity index is 1.58. The van der Waals surface area contributed by atoms with Gasteiger partial charge in [0, 0.05) is 40.7 Å². The van der Waals surface area contributed by atoms with E-state index in [-0.39, 0.29) is 11.3 Å². The lowest BCUT2D eigenvalue weighted by Gasteiger charge is -2.21. The molecular formula is C20H26IN3O2. The Morgan fingerprint density at radius 2 is 1.88 bits per heavy atom. The molecule has 1 aromatic carbocycles. The first-order valence-electron chi connectivity index (χ1n) is 9.05. The second-order valence-corrected chi connectivity index (χ2v) is 9.04. The maximum Gasteiger partial charge on any atom is 0.253 e. The summed E-state index contributed by atoms with van der Waals surface area (Å²) >= 11 is 2.25. The van der Waals surface area contributed by atoms with Crippen molar-refractivity contribution in [2.75, 3.05) is 26.2 Å². The Morgan fingerprint density at radius 3 is 2.54 bits per heavy atom. The van der Waals surface area contributed by atoms with E-state index in [1.165, 1.54) is 0 Å². The standard InChI is InChI=1S/C20H26IN3O2/c1-20(2,3)17-13-22-18(26-17)14-23-9-4-10-24(12-11-23)19(25)15-5-7-16(21)8-6-15/h5-8,13H,4,9-12,14H2,1-3H3. The second-order valence-electron chi connectivity index (χ2n) is 7.80. The van der Waals surface area contributed by atoms with E-state index in [9.17, 15) is 4.79 Å². The molecule has 3 rings (SSSR count). The van der Waals surface area contributed by atoms with Gasteiger partial charge in [-0.3, -0.25) is 9.69 Å². The molecule has 2 aromatic rings. The number of carbonyl (C=O) groups is 1. The Labute approximate surface area is 168 Å². The summed E-state index contributed by atoms with van der Waals surface area (Å²) in [4.78, 5) is 21.4. The highest BCUT2D eigenvalue weighted by molar-refractivity contribution is 14.1. The number of halogens is 1. The number of nitrogens with zero attached hydrogens (tertiary/aromatic N) is 3. The van der Waals surface area contributed by atoms with Gasteiger partial charge in [0.1, 0.15) is 5.76 Å². The Kier molecular flexibility index (Phi) is 6.02. The molecule has 1 aliphatic rings. The van der Waals surface area contributed by atoms with Crippen LogP contribution < -0.4 is 0 Å². The molecule has 0 atom stereocenters. The van der Waals surface area contributed by atoms with Crippen molar-refractivity contribution >= 4 is 28.5 Å². The maximum absolute atomic E-state index is 12.7. The molecule has 1 aromatic heterocycles. The van der Waals surface area contributed by atoms with E-state index in [0.717, 1.165) is 53.4 Å². The van der Waals surface area contributed by atoms with Gasteiger partial charge in [0.15, 0.2) is 0 Å². The third-order valence-corrected chi connectivity index (χ3v) is 5.34. The molecule has 26 heavy (non-hydrogen) atoms. The van der Waals surface area contributed by atoms with Crippen LogP contribution in [0.3, 0.4) is 0 Å². The molecule has 5 nitrogen and oxygen atoms in total.